The van der Waals surface area contributed by atoms with Gasteiger partial charge in [0.2, 0.25) is 0 Å². The summed E-state index contributed by atoms with van der Waals surface area (Å²) in [4.78, 5) is 0.0858. The van der Waals surface area contributed by atoms with Gasteiger partial charge >= 0.3 is 0 Å². The minimum atomic E-state index is -3.77. The highest BCUT2D eigenvalue weighted by molar-refractivity contribution is 8.28. The van der Waals surface area contributed by atoms with Crippen LogP contribution in [0.15, 0.2) is 199 Å². The Kier molecular flexibility index (Phi) is 4.12. The van der Waals surface area contributed by atoms with Crippen molar-refractivity contribution < 1.29 is 28.0 Å². The van der Waals surface area contributed by atoms with Gasteiger partial charge in [0.1, 0.15) is 11.5 Å². The lowest BCUT2D eigenvalue weighted by Gasteiger charge is -2.36. The van der Waals surface area contributed by atoms with Gasteiger partial charge in [0.25, 0.3) is 5.99 Å². The van der Waals surface area contributed by atoms with E-state index in [0.29, 0.717) is 0 Å². The number of benzene rings is 8. The highest BCUT2D eigenvalue weighted by atomic mass is 32.2. The van der Waals surface area contributed by atoms with Crippen LogP contribution in [0.2, 0.25) is 0 Å². The Morgan fingerprint density at radius 2 is 1.09 bits per heavy atom. The van der Waals surface area contributed by atoms with Gasteiger partial charge in [-0.1, -0.05) is 157 Å². The summed E-state index contributed by atoms with van der Waals surface area (Å²) in [5.41, 5.74) is -1.59. The predicted octanol–water partition coefficient (Wildman–Crippen LogP) is 8.15. The molecule has 0 atom stereocenters. The van der Waals surface area contributed by atoms with Crippen molar-refractivity contribution in [2.45, 2.75) is 4.90 Å². The van der Waals surface area contributed by atoms with Gasteiger partial charge in [-0.3, -0.25) is 0 Å². The second-order valence-electron chi connectivity index (χ2n) is 12.6. The molecular formula is C48H32BNOSSi. The number of fused-ring (bicyclic) bond motifs is 7. The molecule has 0 unspecified atom stereocenters. The Hall–Kier alpha value is -6.01. The van der Waals surface area contributed by atoms with Crippen molar-refractivity contribution in [1.29, 1.82) is 0 Å². The maximum absolute atomic E-state index is 10.5. The summed E-state index contributed by atoms with van der Waals surface area (Å²) in [5, 5.41) is 1.99. The van der Waals surface area contributed by atoms with Gasteiger partial charge in [0, 0.05) is 21.7 Å². The lowest BCUT2D eigenvalue weighted by molar-refractivity contribution is 0.487. The van der Waals surface area contributed by atoms with Crippen molar-refractivity contribution in [1.82, 2.24) is 4.57 Å². The Labute approximate surface area is 338 Å². The summed E-state index contributed by atoms with van der Waals surface area (Å²) in [7, 11) is -3.77. The molecule has 0 saturated carbocycles. The normalized spacial score (nSPS) is 17.4. The van der Waals surface area contributed by atoms with Gasteiger partial charge < -0.3 is 9.30 Å². The van der Waals surface area contributed by atoms with Crippen molar-refractivity contribution in [3.63, 3.8) is 0 Å². The van der Waals surface area contributed by atoms with Crippen LogP contribution in [0.5, 0.6) is 11.5 Å². The molecule has 2 aliphatic heterocycles. The van der Waals surface area contributed by atoms with Gasteiger partial charge in [-0.05, 0) is 73.0 Å². The van der Waals surface area contributed by atoms with Crippen LogP contribution in [0.1, 0.15) is 23.3 Å². The minimum Gasteiger partial charge on any atom is -0.458 e. The average molecular weight is 727 g/mol. The molecule has 0 saturated heterocycles. The smallest absolute Gasteiger partial charge is 0.289 e. The highest BCUT2D eigenvalue weighted by Crippen LogP contribution is 2.44. The van der Waals surface area contributed by atoms with Crippen molar-refractivity contribution in [3.8, 4) is 28.3 Å². The predicted molar refractivity (Wildman–Crippen MR) is 227 cm³/mol. The highest BCUT2D eigenvalue weighted by Gasteiger charge is 2.44. The van der Waals surface area contributed by atoms with Crippen LogP contribution >= 0.6 is 11.6 Å². The SMILES string of the molecule is [2H]c1c([2H])c([2H])c2c(c1[2H])Oc1c([2H])c(-n3c4c([2H])c([2H])c([2H])c([2H])c4c4c([2H])c([2H])c([2H])c([2H])c43)c([2H])c3c1B2Sc1c([2H])c([Si](c2ccccc2)(c2ccccc2)c2ccccc2)c([2H])c([2H])c1-3. The van der Waals surface area contributed by atoms with Crippen LogP contribution in [-0.2, 0) is 0 Å². The molecule has 0 fully saturated rings. The van der Waals surface area contributed by atoms with Gasteiger partial charge in [-0.2, -0.15) is 11.6 Å². The third-order valence-corrected chi connectivity index (χ3v) is 15.8. The molecule has 0 amide bonds. The van der Waals surface area contributed by atoms with Crippen molar-refractivity contribution in [2.24, 2.45) is 0 Å². The first-order chi connectivity index (χ1) is 33.4. The zero-order valence-corrected chi connectivity index (χ0v) is 29.3. The van der Waals surface area contributed by atoms with Crippen molar-refractivity contribution in [2.75, 3.05) is 0 Å². The van der Waals surface area contributed by atoms with E-state index in [0.717, 1.165) is 31.7 Å². The molecule has 0 radical (unpaired) electrons. The fourth-order valence-corrected chi connectivity index (χ4v) is 13.6. The average Bonchev–Trinajstić information content (AvgIpc) is 3.73. The van der Waals surface area contributed by atoms with E-state index in [4.69, 9.17) is 17.1 Å². The topological polar surface area (TPSA) is 14.2 Å². The molecule has 8 aromatic carbocycles. The minimum absolute atomic E-state index is 0.0242. The molecule has 2 nitrogen and oxygen atoms in total. The molecule has 0 bridgehead atoms. The number of aromatic nitrogens is 1. The standard InChI is InChI=1S/C48H32BNOSSi/c1-4-16-34(17-5-1)53(35-18-6-2-7-19-35,36-20-8-3-9-21-36)37-28-29-40-41-30-33(50-43-25-13-10-22-38(43)39-23-11-14-26-44(39)50)31-46-48(41)49(52-47(40)32-37)42-24-12-15-27-45(42)51-46/h1-32H/i10D,11D,12D,13D,14D,15D,22D,23D,24D,25D,26D,27D,28D,29D,30D,31D,32D. The molecule has 0 N–H and O–H groups in total. The lowest BCUT2D eigenvalue weighted by Crippen LogP contribution is -2.74. The fourth-order valence-electron chi connectivity index (χ4n) is 7.69. The molecule has 11 rings (SSSR count). The fraction of sp³-hybridized carbons (Fsp3) is 0. The van der Waals surface area contributed by atoms with Crippen LogP contribution in [0.25, 0.3) is 38.6 Å². The van der Waals surface area contributed by atoms with E-state index in [9.17, 15) is 11.0 Å². The van der Waals surface area contributed by atoms with E-state index in [1.54, 1.807) is 0 Å². The Morgan fingerprint density at radius 1 is 0.528 bits per heavy atom. The number of hydrogen-bond donors (Lipinski definition) is 0. The molecule has 5 heteroatoms. The Balaban J connectivity index is 1.36. The van der Waals surface area contributed by atoms with E-state index in [-0.39, 0.29) is 66.5 Å². The maximum atomic E-state index is 10.5. The number of hydrogen-bond acceptors (Lipinski definition) is 2. The Bertz CT molecular complexity index is 3650. The van der Waals surface area contributed by atoms with Crippen LogP contribution < -0.4 is 36.4 Å². The molecule has 3 heterocycles. The van der Waals surface area contributed by atoms with Crippen LogP contribution in [0, 0.1) is 0 Å². The maximum Gasteiger partial charge on any atom is 0.289 e. The first kappa shape index (κ1) is 18.2. The van der Waals surface area contributed by atoms with Gasteiger partial charge in [-0.15, -0.1) is 0 Å². The number of para-hydroxylation sites is 3. The van der Waals surface area contributed by atoms with Gasteiger partial charge in [-0.25, -0.2) is 0 Å². The van der Waals surface area contributed by atoms with Crippen LogP contribution in [-0.4, -0.2) is 18.6 Å². The van der Waals surface area contributed by atoms with E-state index in [2.05, 4.69) is 0 Å². The van der Waals surface area contributed by atoms with Crippen molar-refractivity contribution >= 4 is 79.2 Å². The number of nitrogens with zero attached hydrogens (tertiary/aromatic N) is 1. The monoisotopic (exact) mass is 726 g/mol. The summed E-state index contributed by atoms with van der Waals surface area (Å²) in [6.07, 6.45) is 0. The first-order valence-electron chi connectivity index (χ1n) is 25.3. The van der Waals surface area contributed by atoms with E-state index < -0.39 is 121 Å². The summed E-state index contributed by atoms with van der Waals surface area (Å²) in [5.74, 6) is -1.93. The second kappa shape index (κ2) is 12.0. The van der Waals surface area contributed by atoms with E-state index in [1.807, 2.05) is 91.0 Å². The third kappa shape index (κ3) is 4.54. The summed E-state index contributed by atoms with van der Waals surface area (Å²) >= 11 is 0.982. The van der Waals surface area contributed by atoms with Gasteiger partial charge in [0.05, 0.1) is 40.0 Å². The van der Waals surface area contributed by atoms with E-state index >= 15 is 0 Å². The molecule has 248 valence electrons. The first-order valence-corrected chi connectivity index (χ1v) is 19.7. The molecule has 1 aromatic heterocycles. The molecule has 9 aromatic rings. The lowest BCUT2D eigenvalue weighted by atomic mass is 9.57. The van der Waals surface area contributed by atoms with Crippen LogP contribution in [0.4, 0.5) is 0 Å². The Morgan fingerprint density at radius 3 is 1.72 bits per heavy atom. The summed E-state index contributed by atoms with van der Waals surface area (Å²) in [6.45, 7) is 0. The molecule has 0 aliphatic carbocycles. The van der Waals surface area contributed by atoms with Crippen molar-refractivity contribution in [3.05, 3.63) is 194 Å². The quantitative estimate of drug-likeness (QED) is 0.131. The summed E-state index contributed by atoms with van der Waals surface area (Å²) in [6, 6.07) is 18.4. The zero-order chi connectivity index (χ0) is 49.7. The molecular weight excluding hydrogens is 677 g/mol. The third-order valence-electron chi connectivity index (χ3n) is 9.91. The number of rotatable bonds is 5. The summed E-state index contributed by atoms with van der Waals surface area (Å²) < 4.78 is 165. The second-order valence-corrected chi connectivity index (χ2v) is 17.5. The molecule has 53 heavy (non-hydrogen) atoms. The number of ether oxygens (including phenoxy) is 1. The van der Waals surface area contributed by atoms with E-state index in [1.165, 1.54) is 0 Å². The largest absolute Gasteiger partial charge is 0.458 e. The molecule has 0 spiro atoms. The molecule has 2 aliphatic rings. The van der Waals surface area contributed by atoms with Crippen LogP contribution in [0.3, 0.4) is 0 Å². The zero-order valence-electron chi connectivity index (χ0n) is 44.5. The van der Waals surface area contributed by atoms with Gasteiger partial charge in [0.15, 0.2) is 8.07 Å².